The molecule has 2 heterocycles. The number of nitrogens with zero attached hydrogens (tertiary/aromatic N) is 8. The van der Waals surface area contributed by atoms with Crippen LogP contribution in [0.15, 0.2) is 352 Å². The smallest absolute Gasteiger partial charge is 0.164 e. The van der Waals surface area contributed by atoms with E-state index in [2.05, 4.69) is 200 Å². The molecule has 0 aliphatic rings. The van der Waals surface area contributed by atoms with Gasteiger partial charge in [-0.1, -0.05) is 309 Å². The first-order valence-electron chi connectivity index (χ1n) is 33.1. The fraction of sp³-hybridized carbons (Fsp3) is 0. The second-order valence-electron chi connectivity index (χ2n) is 24.4. The van der Waals surface area contributed by atoms with Gasteiger partial charge in [0.2, 0.25) is 0 Å². The minimum atomic E-state index is 0.639. The van der Waals surface area contributed by atoms with E-state index in [9.17, 15) is 5.26 Å². The van der Waals surface area contributed by atoms with Crippen LogP contribution in [-0.4, -0.2) is 29.9 Å². The van der Waals surface area contributed by atoms with Crippen molar-refractivity contribution < 1.29 is 0 Å². The summed E-state index contributed by atoms with van der Waals surface area (Å²) < 4.78 is 0. The van der Waals surface area contributed by atoms with Gasteiger partial charge in [0.1, 0.15) is 0 Å². The monoisotopic (exact) mass is 1270 g/mol. The first-order chi connectivity index (χ1) is 49.4. The van der Waals surface area contributed by atoms with Crippen molar-refractivity contribution >= 4 is 32.3 Å². The summed E-state index contributed by atoms with van der Waals surface area (Å²) in [7, 11) is 0. The lowest BCUT2D eigenvalue weighted by atomic mass is 9.91. The Kier molecular flexibility index (Phi) is 16.7. The fourth-order valence-corrected chi connectivity index (χ4v) is 12.8. The van der Waals surface area contributed by atoms with E-state index in [1.54, 1.807) is 0 Å². The molecular weight excluding hydrogens is 1220 g/mol. The number of benzene rings is 15. The van der Waals surface area contributed by atoms with Gasteiger partial charge in [-0.3, -0.25) is 0 Å². The molecule has 100 heavy (non-hydrogen) atoms. The molecule has 8 heteroatoms. The van der Waals surface area contributed by atoms with E-state index < -0.39 is 0 Å². The van der Waals surface area contributed by atoms with Gasteiger partial charge >= 0.3 is 0 Å². The van der Waals surface area contributed by atoms with Crippen molar-refractivity contribution in [2.45, 2.75) is 0 Å². The van der Waals surface area contributed by atoms with Crippen molar-refractivity contribution in [1.82, 2.24) is 29.9 Å². The van der Waals surface area contributed by atoms with Crippen molar-refractivity contribution in [3.05, 3.63) is 363 Å². The van der Waals surface area contributed by atoms with E-state index in [4.69, 9.17) is 35.2 Å². The molecule has 0 unspecified atom stereocenters. The Bertz CT molecular complexity index is 5800. The van der Waals surface area contributed by atoms with Crippen LogP contribution >= 0.6 is 0 Å². The molecule has 17 rings (SSSR count). The van der Waals surface area contributed by atoms with E-state index in [1.165, 1.54) is 49.4 Å². The molecule has 0 aliphatic carbocycles. The van der Waals surface area contributed by atoms with Crippen LogP contribution in [-0.2, 0) is 0 Å². The van der Waals surface area contributed by atoms with Gasteiger partial charge in [0.25, 0.3) is 0 Å². The molecule has 2 aromatic heterocycles. The van der Waals surface area contributed by atoms with Crippen LogP contribution in [0.2, 0.25) is 0 Å². The second-order valence-corrected chi connectivity index (χ2v) is 24.4. The first kappa shape index (κ1) is 61.0. The van der Waals surface area contributed by atoms with Gasteiger partial charge in [-0.05, 0) is 142 Å². The number of hydrogen-bond donors (Lipinski definition) is 0. The van der Waals surface area contributed by atoms with Crippen LogP contribution in [0.4, 0.5) is 0 Å². The van der Waals surface area contributed by atoms with Gasteiger partial charge in [0.05, 0.1) is 23.3 Å². The molecule has 0 radical (unpaired) electrons. The molecule has 0 fully saturated rings. The number of aromatic nitrogens is 6. The van der Waals surface area contributed by atoms with E-state index in [-0.39, 0.29) is 0 Å². The maximum atomic E-state index is 9.26. The summed E-state index contributed by atoms with van der Waals surface area (Å²) in [6.45, 7) is 0. The van der Waals surface area contributed by atoms with Gasteiger partial charge in [-0.2, -0.15) is 10.5 Å². The lowest BCUT2D eigenvalue weighted by Gasteiger charge is -2.13. The average Bonchev–Trinajstić information content (AvgIpc) is 0.906. The molecular formula is C92H58N8. The van der Waals surface area contributed by atoms with Crippen LogP contribution in [0.5, 0.6) is 0 Å². The van der Waals surface area contributed by atoms with Crippen molar-refractivity contribution in [3.63, 3.8) is 0 Å². The zero-order chi connectivity index (χ0) is 67.1. The molecule has 17 aromatic rings. The van der Waals surface area contributed by atoms with Gasteiger partial charge in [-0.25, -0.2) is 29.9 Å². The van der Waals surface area contributed by atoms with E-state index in [0.29, 0.717) is 46.1 Å². The summed E-state index contributed by atoms with van der Waals surface area (Å²) >= 11 is 0. The Labute approximate surface area is 579 Å². The topological polar surface area (TPSA) is 125 Å². The van der Waals surface area contributed by atoms with E-state index in [0.717, 1.165) is 83.1 Å². The normalized spacial score (nSPS) is 11.0. The average molecular weight is 1280 g/mol. The molecule has 0 amide bonds. The number of rotatable bonds is 12. The van der Waals surface area contributed by atoms with Crippen molar-refractivity contribution in [2.75, 3.05) is 0 Å². The lowest BCUT2D eigenvalue weighted by molar-refractivity contribution is 1.07. The molecule has 0 bridgehead atoms. The van der Waals surface area contributed by atoms with Crippen LogP contribution < -0.4 is 0 Å². The highest BCUT2D eigenvalue weighted by atomic mass is 15.0. The zero-order valence-electron chi connectivity index (χ0n) is 54.1. The van der Waals surface area contributed by atoms with Crippen molar-refractivity contribution in [3.8, 4) is 147 Å². The molecule has 0 saturated heterocycles. The third-order valence-electron chi connectivity index (χ3n) is 18.2. The lowest BCUT2D eigenvalue weighted by Crippen LogP contribution is -2.00. The largest absolute Gasteiger partial charge is 0.208 e. The summed E-state index contributed by atoms with van der Waals surface area (Å²) in [5.74, 6) is 3.88. The number of hydrogen-bond acceptors (Lipinski definition) is 8. The highest BCUT2D eigenvalue weighted by molar-refractivity contribution is 6.05. The van der Waals surface area contributed by atoms with Gasteiger partial charge in [0, 0.05) is 33.4 Å². The molecule has 0 atom stereocenters. The van der Waals surface area contributed by atoms with Crippen LogP contribution in [0, 0.1) is 22.7 Å². The summed E-state index contributed by atoms with van der Waals surface area (Å²) in [5, 5.41) is 25.3. The van der Waals surface area contributed by atoms with E-state index in [1.807, 2.05) is 164 Å². The Morgan fingerprint density at radius 2 is 0.390 bits per heavy atom. The molecule has 0 spiro atoms. The minimum absolute atomic E-state index is 0.639. The molecule has 0 aliphatic heterocycles. The molecule has 0 N–H and O–H groups in total. The zero-order valence-corrected chi connectivity index (χ0v) is 54.1. The SMILES string of the molecule is N#Cc1ccc(-c2ccc3cc(-c4ccc(-c5ccc(-c6nc(-c7ccccc7)nc(-c7ccccc7)n6)cc5)cc4)ccc3c2)cc1.N#Cc1ccc2cc(-c3ccc(-c4ccc(-c5ccc(-c6nc(-c7ccccc7)nc(-c7ccccc7)n6)cc5)c5ccccc45)cc3)ccc2c1. The predicted octanol–water partition coefficient (Wildman–Crippen LogP) is 23.0. The summed E-state index contributed by atoms with van der Waals surface area (Å²) in [5.41, 5.74) is 20.8. The van der Waals surface area contributed by atoms with Crippen LogP contribution in [0.1, 0.15) is 11.1 Å². The molecule has 466 valence electrons. The Morgan fingerprint density at radius 3 is 0.700 bits per heavy atom. The summed E-state index contributed by atoms with van der Waals surface area (Å²) in [4.78, 5) is 29.2. The van der Waals surface area contributed by atoms with Crippen LogP contribution in [0.25, 0.3) is 167 Å². The predicted molar refractivity (Wildman–Crippen MR) is 407 cm³/mol. The summed E-state index contributed by atoms with van der Waals surface area (Å²) in [6.07, 6.45) is 0. The quantitative estimate of drug-likeness (QED) is 0.118. The fourth-order valence-electron chi connectivity index (χ4n) is 12.8. The number of nitriles is 2. The molecule has 15 aromatic carbocycles. The minimum Gasteiger partial charge on any atom is -0.208 e. The molecule has 8 nitrogen and oxygen atoms in total. The van der Waals surface area contributed by atoms with Gasteiger partial charge in [0.15, 0.2) is 34.9 Å². The first-order valence-corrected chi connectivity index (χ1v) is 33.1. The maximum Gasteiger partial charge on any atom is 0.164 e. The molecule has 0 saturated carbocycles. The number of fused-ring (bicyclic) bond motifs is 3. The van der Waals surface area contributed by atoms with Gasteiger partial charge in [-0.15, -0.1) is 0 Å². The summed E-state index contributed by atoms with van der Waals surface area (Å²) in [6, 6.07) is 125. The van der Waals surface area contributed by atoms with Crippen molar-refractivity contribution in [2.24, 2.45) is 0 Å². The van der Waals surface area contributed by atoms with Gasteiger partial charge < -0.3 is 0 Å². The highest BCUT2D eigenvalue weighted by Crippen LogP contribution is 2.39. The highest BCUT2D eigenvalue weighted by Gasteiger charge is 2.17. The third kappa shape index (κ3) is 12.9. The Balaban J connectivity index is 0.000000156. The maximum absolute atomic E-state index is 9.26. The standard InChI is InChI=1S/C48H30N4.C44H28N4/c49-31-32-15-16-41-30-40(26-25-39(41)29-32)33-17-19-34(20-18-33)42-27-28-43(45-14-8-7-13-44(42)45)35-21-23-38(24-22-35)48-51-46(36-9-3-1-4-10-36)50-47(52-48)37-11-5-2-6-12-37;45-29-30-11-13-33(14-12-30)38-23-25-41-28-39(24-26-40(41)27-38)34-17-15-31(16-18-34)32-19-21-37(22-20-32)44-47-42(35-7-3-1-4-8-35)46-43(48-44)36-9-5-2-6-10-36/h1-30H;1-28H. The van der Waals surface area contributed by atoms with Crippen molar-refractivity contribution in [1.29, 1.82) is 10.5 Å². The Morgan fingerprint density at radius 1 is 0.170 bits per heavy atom. The van der Waals surface area contributed by atoms with Crippen LogP contribution in [0.3, 0.4) is 0 Å². The Hall–Kier alpha value is -13.9. The second kappa shape index (κ2) is 27.4. The van der Waals surface area contributed by atoms with E-state index >= 15 is 0 Å². The third-order valence-corrected chi connectivity index (χ3v) is 18.2.